The summed E-state index contributed by atoms with van der Waals surface area (Å²) >= 11 is 6.04. The molecule has 1 saturated carbocycles. The maximum atomic E-state index is 12.5. The van der Waals surface area contributed by atoms with Crippen LogP contribution < -0.4 is 5.32 Å². The molecule has 1 fully saturated rings. The Hall–Kier alpha value is -2.33. The molecule has 0 spiro atoms. The van der Waals surface area contributed by atoms with Gasteiger partial charge in [0.15, 0.2) is 0 Å². The smallest absolute Gasteiger partial charge is 0.227 e. The first kappa shape index (κ1) is 17.1. The lowest BCUT2D eigenvalue weighted by Crippen LogP contribution is -2.25. The van der Waals surface area contributed by atoms with Crippen molar-refractivity contribution < 1.29 is 4.79 Å². The molecule has 1 aliphatic rings. The van der Waals surface area contributed by atoms with Crippen LogP contribution in [0.3, 0.4) is 0 Å². The highest BCUT2D eigenvalue weighted by molar-refractivity contribution is 6.31. The van der Waals surface area contributed by atoms with Gasteiger partial charge in [-0.15, -0.1) is 0 Å². The van der Waals surface area contributed by atoms with Crippen LogP contribution >= 0.6 is 11.6 Å². The monoisotopic (exact) mass is 367 g/mol. The first-order valence-electron chi connectivity index (χ1n) is 9.17. The van der Waals surface area contributed by atoms with E-state index in [9.17, 15) is 4.79 Å². The summed E-state index contributed by atoms with van der Waals surface area (Å²) in [4.78, 5) is 20.4. The van der Waals surface area contributed by atoms with Crippen LogP contribution in [0, 0.1) is 12.8 Å². The first-order chi connectivity index (χ1) is 12.6. The molecule has 0 aliphatic heterocycles. The van der Waals surface area contributed by atoms with Crippen molar-refractivity contribution in [3.05, 3.63) is 47.0 Å². The number of amides is 1. The Bertz CT molecular complexity index is 957. The number of rotatable bonds is 3. The van der Waals surface area contributed by atoms with Gasteiger partial charge in [-0.1, -0.05) is 30.9 Å². The SMILES string of the molecule is Cc1cc(-c2nc3ccc(Cl)cc3[nH]2)ccc1NC(=O)C1CCCCC1. The number of carbonyl (C=O) groups excluding carboxylic acids is 1. The van der Waals surface area contributed by atoms with Gasteiger partial charge in [0.2, 0.25) is 5.91 Å². The van der Waals surface area contributed by atoms with E-state index in [-0.39, 0.29) is 11.8 Å². The fraction of sp³-hybridized carbons (Fsp3) is 0.333. The average Bonchev–Trinajstić information content (AvgIpc) is 3.07. The van der Waals surface area contributed by atoms with Gasteiger partial charge in [-0.3, -0.25) is 4.79 Å². The van der Waals surface area contributed by atoms with Crippen molar-refractivity contribution in [2.75, 3.05) is 5.32 Å². The predicted octanol–water partition coefficient (Wildman–Crippen LogP) is 5.71. The molecule has 0 atom stereocenters. The molecular formula is C21H22ClN3O. The molecule has 1 heterocycles. The topological polar surface area (TPSA) is 57.8 Å². The Labute approximate surface area is 158 Å². The Morgan fingerprint density at radius 2 is 1.96 bits per heavy atom. The third-order valence-corrected chi connectivity index (χ3v) is 5.41. The van der Waals surface area contributed by atoms with Crippen LogP contribution in [0.5, 0.6) is 0 Å². The third kappa shape index (κ3) is 3.47. The fourth-order valence-corrected chi connectivity index (χ4v) is 3.84. The molecule has 134 valence electrons. The summed E-state index contributed by atoms with van der Waals surface area (Å²) in [6.07, 6.45) is 5.58. The number of nitrogens with one attached hydrogen (secondary N) is 2. The zero-order chi connectivity index (χ0) is 18.1. The summed E-state index contributed by atoms with van der Waals surface area (Å²) in [5, 5.41) is 3.79. The van der Waals surface area contributed by atoms with Crippen LogP contribution in [0.1, 0.15) is 37.7 Å². The number of hydrogen-bond acceptors (Lipinski definition) is 2. The second-order valence-corrected chi connectivity index (χ2v) is 7.54. The zero-order valence-corrected chi connectivity index (χ0v) is 15.6. The van der Waals surface area contributed by atoms with E-state index in [1.165, 1.54) is 6.42 Å². The van der Waals surface area contributed by atoms with E-state index >= 15 is 0 Å². The molecule has 2 N–H and O–H groups in total. The molecule has 1 aliphatic carbocycles. The number of H-pyrrole nitrogens is 1. The van der Waals surface area contributed by atoms with Crippen molar-refractivity contribution in [3.8, 4) is 11.4 Å². The Morgan fingerprint density at radius 1 is 1.15 bits per heavy atom. The van der Waals surface area contributed by atoms with Gasteiger partial charge in [0, 0.05) is 22.2 Å². The number of fused-ring (bicyclic) bond motifs is 1. The molecule has 4 rings (SSSR count). The molecule has 0 saturated heterocycles. The van der Waals surface area contributed by atoms with Crippen molar-refractivity contribution in [3.63, 3.8) is 0 Å². The van der Waals surface area contributed by atoms with Crippen LogP contribution in [-0.4, -0.2) is 15.9 Å². The molecule has 3 aromatic rings. The van der Waals surface area contributed by atoms with Crippen molar-refractivity contribution in [2.45, 2.75) is 39.0 Å². The van der Waals surface area contributed by atoms with Gasteiger partial charge in [0.25, 0.3) is 0 Å². The number of nitrogens with zero attached hydrogens (tertiary/aromatic N) is 1. The molecule has 1 amide bonds. The summed E-state index contributed by atoms with van der Waals surface area (Å²) in [5.74, 6) is 1.11. The van der Waals surface area contributed by atoms with Crippen LogP contribution in [0.25, 0.3) is 22.4 Å². The lowest BCUT2D eigenvalue weighted by atomic mass is 9.88. The summed E-state index contributed by atoms with van der Waals surface area (Å²) in [6, 6.07) is 11.6. The minimum Gasteiger partial charge on any atom is -0.338 e. The minimum absolute atomic E-state index is 0.152. The minimum atomic E-state index is 0.152. The number of anilines is 1. The number of aromatic amines is 1. The van der Waals surface area contributed by atoms with E-state index in [4.69, 9.17) is 11.6 Å². The van der Waals surface area contributed by atoms with Gasteiger partial charge in [-0.05, 0) is 61.7 Å². The van der Waals surface area contributed by atoms with Crippen LogP contribution in [-0.2, 0) is 4.79 Å². The maximum Gasteiger partial charge on any atom is 0.227 e. The second kappa shape index (κ2) is 7.12. The summed E-state index contributed by atoms with van der Waals surface area (Å²) in [6.45, 7) is 2.01. The number of halogens is 1. The lowest BCUT2D eigenvalue weighted by molar-refractivity contribution is -0.120. The average molecular weight is 368 g/mol. The normalized spacial score (nSPS) is 15.3. The number of benzene rings is 2. The molecule has 1 aromatic heterocycles. The van der Waals surface area contributed by atoms with E-state index in [2.05, 4.69) is 21.4 Å². The molecule has 4 nitrogen and oxygen atoms in total. The van der Waals surface area contributed by atoms with Crippen LogP contribution in [0.2, 0.25) is 5.02 Å². The van der Waals surface area contributed by atoms with E-state index in [1.807, 2.05) is 37.3 Å². The van der Waals surface area contributed by atoms with E-state index in [1.54, 1.807) is 0 Å². The number of aromatic nitrogens is 2. The number of aryl methyl sites for hydroxylation is 1. The highest BCUT2D eigenvalue weighted by Crippen LogP contribution is 2.28. The van der Waals surface area contributed by atoms with Crippen molar-refractivity contribution >= 4 is 34.2 Å². The molecule has 5 heteroatoms. The molecule has 0 radical (unpaired) electrons. The number of imidazole rings is 1. The Balaban J connectivity index is 1.55. The third-order valence-electron chi connectivity index (χ3n) is 5.18. The number of hydrogen-bond donors (Lipinski definition) is 2. The van der Waals surface area contributed by atoms with E-state index in [0.29, 0.717) is 5.02 Å². The Morgan fingerprint density at radius 3 is 2.73 bits per heavy atom. The van der Waals surface area contributed by atoms with Gasteiger partial charge in [0.05, 0.1) is 11.0 Å². The highest BCUT2D eigenvalue weighted by Gasteiger charge is 2.21. The maximum absolute atomic E-state index is 12.5. The van der Waals surface area contributed by atoms with Gasteiger partial charge in [-0.2, -0.15) is 0 Å². The quantitative estimate of drug-likeness (QED) is 0.622. The summed E-state index contributed by atoms with van der Waals surface area (Å²) < 4.78 is 0. The first-order valence-corrected chi connectivity index (χ1v) is 9.55. The Kier molecular flexibility index (Phi) is 4.68. The molecule has 26 heavy (non-hydrogen) atoms. The summed E-state index contributed by atoms with van der Waals surface area (Å²) in [7, 11) is 0. The lowest BCUT2D eigenvalue weighted by Gasteiger charge is -2.21. The summed E-state index contributed by atoms with van der Waals surface area (Å²) in [5.41, 5.74) is 4.70. The van der Waals surface area contributed by atoms with Crippen molar-refractivity contribution in [2.24, 2.45) is 5.92 Å². The fourth-order valence-electron chi connectivity index (χ4n) is 3.67. The molecule has 0 unspecified atom stereocenters. The highest BCUT2D eigenvalue weighted by atomic mass is 35.5. The number of carbonyl (C=O) groups is 1. The zero-order valence-electron chi connectivity index (χ0n) is 14.8. The van der Waals surface area contributed by atoms with Crippen molar-refractivity contribution in [1.29, 1.82) is 0 Å². The molecular weight excluding hydrogens is 346 g/mol. The van der Waals surface area contributed by atoms with E-state index < -0.39 is 0 Å². The van der Waals surface area contributed by atoms with Gasteiger partial charge in [-0.25, -0.2) is 4.98 Å². The predicted molar refractivity (Wildman–Crippen MR) is 106 cm³/mol. The van der Waals surface area contributed by atoms with Gasteiger partial charge < -0.3 is 10.3 Å². The van der Waals surface area contributed by atoms with E-state index in [0.717, 1.165) is 59.4 Å². The molecule has 0 bridgehead atoms. The van der Waals surface area contributed by atoms with Gasteiger partial charge in [0.1, 0.15) is 5.82 Å². The van der Waals surface area contributed by atoms with Gasteiger partial charge >= 0.3 is 0 Å². The largest absolute Gasteiger partial charge is 0.338 e. The van der Waals surface area contributed by atoms with Crippen LogP contribution in [0.4, 0.5) is 5.69 Å². The molecule has 2 aromatic carbocycles. The van der Waals surface area contributed by atoms with Crippen LogP contribution in [0.15, 0.2) is 36.4 Å². The van der Waals surface area contributed by atoms with Crippen molar-refractivity contribution in [1.82, 2.24) is 9.97 Å². The second-order valence-electron chi connectivity index (χ2n) is 7.10. The standard InChI is InChI=1S/C21H22ClN3O/c1-13-11-15(20-23-18-10-8-16(22)12-19(18)24-20)7-9-17(13)25-21(26)14-5-3-2-4-6-14/h7-12,14H,2-6H2,1H3,(H,23,24)(H,25,26).